The minimum atomic E-state index is -0.262. The zero-order valence-electron chi connectivity index (χ0n) is 15.5. The molecule has 1 atom stereocenters. The second-order valence-electron chi connectivity index (χ2n) is 7.02. The number of para-hydroxylation sites is 3. The Morgan fingerprint density at radius 1 is 0.963 bits per heavy atom. The molecule has 0 unspecified atom stereocenters. The highest BCUT2D eigenvalue weighted by Crippen LogP contribution is 2.30. The van der Waals surface area contributed by atoms with E-state index in [1.54, 1.807) is 4.90 Å². The van der Waals surface area contributed by atoms with E-state index in [1.807, 2.05) is 49.4 Å². The molecule has 2 aromatic rings. The minimum Gasteiger partial charge on any atom is -0.369 e. The zero-order chi connectivity index (χ0) is 18.8. The molecule has 2 heterocycles. The van der Waals surface area contributed by atoms with Crippen molar-refractivity contribution in [1.82, 2.24) is 4.90 Å². The Hall–Kier alpha value is -2.86. The fraction of sp³-hybridized carbons (Fsp3) is 0.333. The Labute approximate surface area is 159 Å². The molecule has 0 radical (unpaired) electrons. The lowest BCUT2D eigenvalue weighted by molar-refractivity contribution is -0.125. The molecule has 27 heavy (non-hydrogen) atoms. The van der Waals surface area contributed by atoms with Crippen LogP contribution in [0.25, 0.3) is 0 Å². The first-order valence-corrected chi connectivity index (χ1v) is 9.38. The van der Waals surface area contributed by atoms with Crippen LogP contribution in [0.3, 0.4) is 0 Å². The van der Waals surface area contributed by atoms with Gasteiger partial charge in [0.2, 0.25) is 11.8 Å². The molecule has 0 aromatic heterocycles. The van der Waals surface area contributed by atoms with Crippen LogP contribution in [0.1, 0.15) is 6.92 Å². The van der Waals surface area contributed by atoms with Crippen LogP contribution in [0.15, 0.2) is 54.6 Å². The van der Waals surface area contributed by atoms with Crippen LogP contribution >= 0.6 is 0 Å². The maximum Gasteiger partial charge on any atom is 0.244 e. The van der Waals surface area contributed by atoms with Gasteiger partial charge < -0.3 is 10.2 Å². The van der Waals surface area contributed by atoms with Gasteiger partial charge in [0.15, 0.2) is 0 Å². The molecule has 2 aliphatic heterocycles. The quantitative estimate of drug-likeness (QED) is 0.907. The molecule has 1 fully saturated rings. The summed E-state index contributed by atoms with van der Waals surface area (Å²) in [7, 11) is 0. The average molecular weight is 364 g/mol. The van der Waals surface area contributed by atoms with E-state index in [1.165, 1.54) is 5.69 Å². The zero-order valence-corrected chi connectivity index (χ0v) is 15.5. The van der Waals surface area contributed by atoms with Gasteiger partial charge in [-0.2, -0.15) is 0 Å². The molecule has 0 aliphatic carbocycles. The van der Waals surface area contributed by atoms with E-state index in [4.69, 9.17) is 0 Å². The van der Waals surface area contributed by atoms with Crippen molar-refractivity contribution < 1.29 is 9.59 Å². The molecule has 0 saturated carbocycles. The van der Waals surface area contributed by atoms with Gasteiger partial charge >= 0.3 is 0 Å². The highest BCUT2D eigenvalue weighted by molar-refractivity contribution is 6.11. The van der Waals surface area contributed by atoms with Crippen LogP contribution in [-0.2, 0) is 9.59 Å². The number of piperazine rings is 1. The van der Waals surface area contributed by atoms with E-state index in [0.29, 0.717) is 5.69 Å². The average Bonchev–Trinajstić information content (AvgIpc) is 2.73. The van der Waals surface area contributed by atoms with Crippen molar-refractivity contribution in [1.29, 1.82) is 0 Å². The summed E-state index contributed by atoms with van der Waals surface area (Å²) in [6.07, 6.45) is 0. The molecular formula is C21H24N4O2. The second-order valence-corrected chi connectivity index (χ2v) is 7.02. The third-order valence-electron chi connectivity index (χ3n) is 5.38. The van der Waals surface area contributed by atoms with Crippen LogP contribution in [0.2, 0.25) is 0 Å². The lowest BCUT2D eigenvalue weighted by Crippen LogP contribution is -2.56. The molecular weight excluding hydrogens is 340 g/mol. The monoisotopic (exact) mass is 364 g/mol. The normalized spacial score (nSPS) is 18.6. The maximum absolute atomic E-state index is 13.1. The van der Waals surface area contributed by atoms with Gasteiger partial charge in [0.25, 0.3) is 0 Å². The van der Waals surface area contributed by atoms with E-state index in [9.17, 15) is 9.59 Å². The SMILES string of the molecule is C[C@H](C(=O)N1CC(=O)Nc2ccccc21)N1CCN(c2ccccc2)CC1. The largest absolute Gasteiger partial charge is 0.369 e. The molecule has 1 N–H and O–H groups in total. The third kappa shape index (κ3) is 3.53. The molecule has 0 spiro atoms. The number of fused-ring (bicyclic) bond motifs is 1. The number of benzene rings is 2. The summed E-state index contributed by atoms with van der Waals surface area (Å²) in [6.45, 7) is 5.43. The van der Waals surface area contributed by atoms with Crippen LogP contribution in [0, 0.1) is 0 Å². The number of carbonyl (C=O) groups is 2. The van der Waals surface area contributed by atoms with Crippen LogP contribution in [0.4, 0.5) is 17.1 Å². The number of amides is 2. The van der Waals surface area contributed by atoms with Gasteiger partial charge in [-0.25, -0.2) is 0 Å². The number of nitrogens with one attached hydrogen (secondary N) is 1. The Bertz CT molecular complexity index is 831. The number of hydrogen-bond donors (Lipinski definition) is 1. The van der Waals surface area contributed by atoms with Crippen molar-refractivity contribution >= 4 is 28.9 Å². The van der Waals surface area contributed by atoms with Crippen molar-refractivity contribution in [3.8, 4) is 0 Å². The summed E-state index contributed by atoms with van der Waals surface area (Å²) in [4.78, 5) is 31.3. The number of carbonyl (C=O) groups excluding carboxylic acids is 2. The predicted octanol–water partition coefficient (Wildman–Crippen LogP) is 2.18. The van der Waals surface area contributed by atoms with Gasteiger partial charge in [-0.1, -0.05) is 30.3 Å². The molecule has 6 nitrogen and oxygen atoms in total. The Balaban J connectivity index is 1.44. The molecule has 2 aliphatic rings. The summed E-state index contributed by atoms with van der Waals surface area (Å²) >= 11 is 0. The first-order valence-electron chi connectivity index (χ1n) is 9.38. The number of anilines is 3. The summed E-state index contributed by atoms with van der Waals surface area (Å²) < 4.78 is 0. The Kier molecular flexibility index (Phi) is 4.81. The van der Waals surface area contributed by atoms with Crippen molar-refractivity contribution in [3.63, 3.8) is 0 Å². The third-order valence-corrected chi connectivity index (χ3v) is 5.38. The molecule has 140 valence electrons. The van der Waals surface area contributed by atoms with E-state index in [-0.39, 0.29) is 24.4 Å². The molecule has 1 saturated heterocycles. The molecule has 2 amide bonds. The maximum atomic E-state index is 13.1. The second kappa shape index (κ2) is 7.40. The topological polar surface area (TPSA) is 55.9 Å². The Morgan fingerprint density at radius 2 is 1.63 bits per heavy atom. The lowest BCUT2D eigenvalue weighted by Gasteiger charge is -2.40. The van der Waals surface area contributed by atoms with Gasteiger partial charge in [-0.05, 0) is 31.2 Å². The Morgan fingerprint density at radius 3 is 2.37 bits per heavy atom. The van der Waals surface area contributed by atoms with Crippen LogP contribution < -0.4 is 15.1 Å². The van der Waals surface area contributed by atoms with Crippen LogP contribution in [-0.4, -0.2) is 55.5 Å². The fourth-order valence-electron chi connectivity index (χ4n) is 3.82. The smallest absolute Gasteiger partial charge is 0.244 e. The summed E-state index contributed by atoms with van der Waals surface area (Å²) in [5.41, 5.74) is 2.69. The van der Waals surface area contributed by atoms with E-state index in [0.717, 1.165) is 31.9 Å². The summed E-state index contributed by atoms with van der Waals surface area (Å²) in [5, 5.41) is 2.83. The lowest BCUT2D eigenvalue weighted by atomic mass is 10.1. The first kappa shape index (κ1) is 17.5. The van der Waals surface area contributed by atoms with Gasteiger partial charge in [-0.15, -0.1) is 0 Å². The molecule has 0 bridgehead atoms. The van der Waals surface area contributed by atoms with E-state index in [2.05, 4.69) is 27.2 Å². The van der Waals surface area contributed by atoms with Crippen molar-refractivity contribution in [2.45, 2.75) is 13.0 Å². The van der Waals surface area contributed by atoms with Crippen molar-refractivity contribution in [2.24, 2.45) is 0 Å². The standard InChI is InChI=1S/C21H24N4O2/c1-16(23-11-13-24(14-12-23)17-7-3-2-4-8-17)21(27)25-15-20(26)22-18-9-5-6-10-19(18)25/h2-10,16H,11-15H2,1H3,(H,22,26)/t16-/m1/s1. The summed E-state index contributed by atoms with van der Waals surface area (Å²) in [6, 6.07) is 17.6. The molecule has 4 rings (SSSR count). The first-order chi connectivity index (χ1) is 13.1. The van der Waals surface area contributed by atoms with Gasteiger partial charge in [-0.3, -0.25) is 19.4 Å². The number of nitrogens with zero attached hydrogens (tertiary/aromatic N) is 3. The highest BCUT2D eigenvalue weighted by Gasteiger charge is 2.33. The van der Waals surface area contributed by atoms with Crippen molar-refractivity contribution in [2.75, 3.05) is 47.8 Å². The van der Waals surface area contributed by atoms with Gasteiger partial charge in [0, 0.05) is 31.9 Å². The van der Waals surface area contributed by atoms with Crippen LogP contribution in [0.5, 0.6) is 0 Å². The highest BCUT2D eigenvalue weighted by atomic mass is 16.2. The minimum absolute atomic E-state index is 0.0227. The van der Waals surface area contributed by atoms with Gasteiger partial charge in [0.05, 0.1) is 17.4 Å². The van der Waals surface area contributed by atoms with E-state index < -0.39 is 0 Å². The molecule has 2 aromatic carbocycles. The van der Waals surface area contributed by atoms with E-state index >= 15 is 0 Å². The molecule has 6 heteroatoms. The summed E-state index contributed by atoms with van der Waals surface area (Å²) in [5.74, 6) is -0.173. The van der Waals surface area contributed by atoms with Crippen molar-refractivity contribution in [3.05, 3.63) is 54.6 Å². The number of hydrogen-bond acceptors (Lipinski definition) is 4. The fourth-order valence-corrected chi connectivity index (χ4v) is 3.82. The number of rotatable bonds is 3. The van der Waals surface area contributed by atoms with Gasteiger partial charge in [0.1, 0.15) is 6.54 Å². The predicted molar refractivity (Wildman–Crippen MR) is 107 cm³/mol.